The highest BCUT2D eigenvalue weighted by molar-refractivity contribution is 7.10. The van der Waals surface area contributed by atoms with Gasteiger partial charge in [-0.05, 0) is 41.6 Å². The van der Waals surface area contributed by atoms with Crippen LogP contribution in [0.2, 0.25) is 0 Å². The van der Waals surface area contributed by atoms with Crippen LogP contribution in [0.15, 0.2) is 41.9 Å². The van der Waals surface area contributed by atoms with Gasteiger partial charge in [0.1, 0.15) is 11.6 Å². The lowest BCUT2D eigenvalue weighted by molar-refractivity contribution is 0.417. The summed E-state index contributed by atoms with van der Waals surface area (Å²) in [5.74, 6) is 1.99. The molecule has 0 fully saturated rings. The second kappa shape index (κ2) is 8.16. The molecule has 1 aromatic carbocycles. The van der Waals surface area contributed by atoms with Crippen LogP contribution >= 0.6 is 11.3 Å². The van der Waals surface area contributed by atoms with E-state index in [1.807, 2.05) is 54.6 Å². The van der Waals surface area contributed by atoms with E-state index in [4.69, 9.17) is 15.5 Å². The summed E-state index contributed by atoms with van der Waals surface area (Å²) >= 11 is 1.83. The Hall–Kier alpha value is -3.59. The van der Waals surface area contributed by atoms with Crippen molar-refractivity contribution in [3.8, 4) is 5.75 Å². The van der Waals surface area contributed by atoms with Gasteiger partial charge in [-0.25, -0.2) is 4.98 Å². The molecule has 0 amide bonds. The van der Waals surface area contributed by atoms with Crippen LogP contribution in [-0.2, 0) is 13.0 Å². The summed E-state index contributed by atoms with van der Waals surface area (Å²) in [5.41, 5.74) is 10.5. The number of fused-ring (bicyclic) bond motifs is 2. The minimum atomic E-state index is 0.456. The van der Waals surface area contributed by atoms with E-state index in [1.165, 1.54) is 10.4 Å². The number of hydrogen-bond acceptors (Lipinski definition) is 9. The number of ether oxygens (including phenoxy) is 1. The van der Waals surface area contributed by atoms with Gasteiger partial charge in [0.05, 0.1) is 29.6 Å². The van der Waals surface area contributed by atoms with E-state index in [2.05, 4.69) is 31.6 Å². The van der Waals surface area contributed by atoms with E-state index in [9.17, 15) is 0 Å². The largest absolute Gasteiger partial charge is 0.494 e. The average molecular weight is 448 g/mol. The number of nitrogens with zero attached hydrogens (tertiary/aromatic N) is 5. The number of rotatable bonds is 5. The fourth-order valence-electron chi connectivity index (χ4n) is 4.03. The molecular formula is C23H25N7OS. The molecule has 0 bridgehead atoms. The number of nitrogens with one attached hydrogen (secondary N) is 1. The maximum absolute atomic E-state index is 6.27. The molecule has 3 N–H and O–H groups in total. The minimum Gasteiger partial charge on any atom is -0.494 e. The molecule has 0 unspecified atom stereocenters. The number of nitrogen functional groups attached to an aromatic ring is 1. The van der Waals surface area contributed by atoms with Gasteiger partial charge in [-0.15, -0.1) is 11.3 Å². The summed E-state index contributed by atoms with van der Waals surface area (Å²) < 4.78 is 5.60. The van der Waals surface area contributed by atoms with Gasteiger partial charge >= 0.3 is 0 Å². The zero-order valence-electron chi connectivity index (χ0n) is 18.3. The summed E-state index contributed by atoms with van der Waals surface area (Å²) in [6.07, 6.45) is 2.76. The van der Waals surface area contributed by atoms with E-state index < -0.39 is 0 Å². The number of benzene rings is 1. The molecule has 1 aliphatic rings. The predicted octanol–water partition coefficient (Wildman–Crippen LogP) is 4.05. The topological polar surface area (TPSA) is 92.4 Å². The van der Waals surface area contributed by atoms with Gasteiger partial charge in [0.15, 0.2) is 5.65 Å². The lowest BCUT2D eigenvalue weighted by Gasteiger charge is -2.29. The molecule has 4 heterocycles. The summed E-state index contributed by atoms with van der Waals surface area (Å²) in [4.78, 5) is 19.8. The van der Waals surface area contributed by atoms with Gasteiger partial charge in [0.2, 0.25) is 5.95 Å². The molecule has 0 radical (unpaired) electrons. The van der Waals surface area contributed by atoms with Crippen LogP contribution in [0.25, 0.3) is 11.0 Å². The molecule has 3 aromatic heterocycles. The molecule has 0 atom stereocenters. The van der Waals surface area contributed by atoms with E-state index >= 15 is 0 Å². The van der Waals surface area contributed by atoms with Crippen LogP contribution in [0, 0.1) is 0 Å². The normalized spacial score (nSPS) is 13.2. The number of aromatic nitrogens is 3. The fraction of sp³-hybridized carbons (Fsp3) is 0.261. The molecule has 164 valence electrons. The Balaban J connectivity index is 1.56. The highest BCUT2D eigenvalue weighted by atomic mass is 32.1. The molecule has 1 aliphatic heterocycles. The third-order valence-corrected chi connectivity index (χ3v) is 6.66. The van der Waals surface area contributed by atoms with Crippen LogP contribution < -0.4 is 25.6 Å². The number of nitrogens with two attached hydrogens (primary N) is 1. The second-order valence-electron chi connectivity index (χ2n) is 7.92. The van der Waals surface area contributed by atoms with Crippen molar-refractivity contribution in [3.05, 3.63) is 52.3 Å². The first-order chi connectivity index (χ1) is 15.5. The third kappa shape index (κ3) is 3.64. The minimum absolute atomic E-state index is 0.456. The zero-order chi connectivity index (χ0) is 22.2. The summed E-state index contributed by atoms with van der Waals surface area (Å²) in [5, 5.41) is 6.40. The van der Waals surface area contributed by atoms with E-state index in [0.717, 1.165) is 36.4 Å². The Labute approximate surface area is 190 Å². The van der Waals surface area contributed by atoms with Crippen LogP contribution in [0.3, 0.4) is 0 Å². The molecule has 32 heavy (non-hydrogen) atoms. The van der Waals surface area contributed by atoms with Gasteiger partial charge in [-0.2, -0.15) is 9.97 Å². The zero-order valence-corrected chi connectivity index (χ0v) is 19.1. The van der Waals surface area contributed by atoms with Crippen molar-refractivity contribution in [2.75, 3.05) is 48.6 Å². The van der Waals surface area contributed by atoms with Gasteiger partial charge < -0.3 is 25.6 Å². The van der Waals surface area contributed by atoms with Crippen LogP contribution in [0.4, 0.5) is 28.8 Å². The Morgan fingerprint density at radius 1 is 1.22 bits per heavy atom. The maximum atomic E-state index is 6.27. The Kier molecular flexibility index (Phi) is 5.18. The molecule has 9 heteroatoms. The molecule has 0 saturated carbocycles. The van der Waals surface area contributed by atoms with Crippen LogP contribution in [0.1, 0.15) is 10.4 Å². The van der Waals surface area contributed by atoms with Crippen molar-refractivity contribution in [3.63, 3.8) is 0 Å². The molecule has 8 nitrogen and oxygen atoms in total. The summed E-state index contributed by atoms with van der Waals surface area (Å²) in [7, 11) is 5.52. The maximum Gasteiger partial charge on any atom is 0.231 e. The molecule has 0 saturated heterocycles. The Morgan fingerprint density at radius 2 is 2.09 bits per heavy atom. The first-order valence-electron chi connectivity index (χ1n) is 10.4. The second-order valence-corrected chi connectivity index (χ2v) is 8.92. The molecule has 4 aromatic rings. The highest BCUT2D eigenvalue weighted by Crippen LogP contribution is 2.37. The lowest BCUT2D eigenvalue weighted by atomic mass is 10.1. The van der Waals surface area contributed by atoms with E-state index in [0.29, 0.717) is 28.7 Å². The average Bonchev–Trinajstić information content (AvgIpc) is 3.26. The summed E-state index contributed by atoms with van der Waals surface area (Å²) in [6, 6.07) is 9.90. The number of thiophene rings is 1. The predicted molar refractivity (Wildman–Crippen MR) is 131 cm³/mol. The first-order valence-corrected chi connectivity index (χ1v) is 11.3. The van der Waals surface area contributed by atoms with Crippen molar-refractivity contribution in [2.24, 2.45) is 0 Å². The molecule has 0 spiro atoms. The summed E-state index contributed by atoms with van der Waals surface area (Å²) in [6.45, 7) is 1.73. The smallest absolute Gasteiger partial charge is 0.231 e. The third-order valence-electron chi connectivity index (χ3n) is 5.64. The first kappa shape index (κ1) is 20.3. The van der Waals surface area contributed by atoms with Crippen LogP contribution in [-0.4, -0.2) is 42.7 Å². The fourth-order valence-corrected chi connectivity index (χ4v) is 4.92. The van der Waals surface area contributed by atoms with Crippen molar-refractivity contribution >= 4 is 51.2 Å². The van der Waals surface area contributed by atoms with Crippen molar-refractivity contribution in [1.82, 2.24) is 15.0 Å². The number of methoxy groups -OCH3 is 1. The molecule has 0 aliphatic carbocycles. The van der Waals surface area contributed by atoms with Gasteiger partial charge in [0, 0.05) is 44.3 Å². The lowest BCUT2D eigenvalue weighted by Crippen LogP contribution is -2.30. The quantitative estimate of drug-likeness (QED) is 0.443. The van der Waals surface area contributed by atoms with E-state index in [-0.39, 0.29) is 0 Å². The van der Waals surface area contributed by atoms with Crippen LogP contribution in [0.5, 0.6) is 5.75 Å². The number of pyridine rings is 1. The highest BCUT2D eigenvalue weighted by Gasteiger charge is 2.22. The van der Waals surface area contributed by atoms with Crippen molar-refractivity contribution in [1.29, 1.82) is 0 Å². The van der Waals surface area contributed by atoms with Gasteiger partial charge in [0.25, 0.3) is 0 Å². The van der Waals surface area contributed by atoms with Gasteiger partial charge in [-0.1, -0.05) is 0 Å². The van der Waals surface area contributed by atoms with Crippen molar-refractivity contribution < 1.29 is 4.74 Å². The SMILES string of the molecule is COc1cc(N(C)C)c(N)cc1Nc1nc(N2CCc3sccc3C2)c2cccnc2n1. The number of anilines is 5. The van der Waals surface area contributed by atoms with Gasteiger partial charge in [-0.3, -0.25) is 0 Å². The monoisotopic (exact) mass is 447 g/mol. The van der Waals surface area contributed by atoms with Crippen molar-refractivity contribution in [2.45, 2.75) is 13.0 Å². The van der Waals surface area contributed by atoms with E-state index in [1.54, 1.807) is 13.3 Å². The molecular weight excluding hydrogens is 422 g/mol. The Morgan fingerprint density at radius 3 is 2.91 bits per heavy atom. The number of hydrogen-bond donors (Lipinski definition) is 2. The standard InChI is InChI=1S/C23H25N7OS/c1-29(2)18-12-19(31-3)17(11-16(18)24)26-23-27-21-15(5-4-8-25-21)22(28-23)30-9-6-20-14(13-30)7-10-32-20/h4-5,7-8,10-12H,6,9,13,24H2,1-3H3,(H,25,26,27,28). The molecule has 5 rings (SSSR count). The Bertz CT molecular complexity index is 1290.